The Morgan fingerprint density at radius 1 is 1.03 bits per heavy atom. The maximum Gasteiger partial charge on any atom is 0.317 e. The van der Waals surface area contributed by atoms with Crippen LogP contribution in [0.25, 0.3) is 0 Å². The smallest absolute Gasteiger partial charge is 0.317 e. The molecule has 8 heteroatoms. The third kappa shape index (κ3) is 5.68. The number of carbonyl (C=O) groups excluding carboxylic acids is 2. The van der Waals surface area contributed by atoms with Crippen LogP contribution in [0.5, 0.6) is 0 Å². The predicted octanol–water partition coefficient (Wildman–Crippen LogP) is 2.99. The van der Waals surface area contributed by atoms with Crippen LogP contribution in [0.3, 0.4) is 0 Å². The molecule has 0 saturated carbocycles. The second kappa shape index (κ2) is 10.9. The molecule has 4 rings (SSSR count). The van der Waals surface area contributed by atoms with Gasteiger partial charge in [-0.05, 0) is 36.9 Å². The summed E-state index contributed by atoms with van der Waals surface area (Å²) in [6.07, 6.45) is 0.781. The Morgan fingerprint density at radius 3 is 2.56 bits per heavy atom. The lowest BCUT2D eigenvalue weighted by Gasteiger charge is -2.34. The topological polar surface area (TPSA) is 65.1 Å². The summed E-state index contributed by atoms with van der Waals surface area (Å²) in [5, 5.41) is 5.24. The Bertz CT molecular complexity index is 898. The van der Waals surface area contributed by atoms with E-state index in [9.17, 15) is 9.59 Å². The van der Waals surface area contributed by atoms with Crippen LogP contribution in [0.4, 0.5) is 4.79 Å². The lowest BCUT2D eigenvalue weighted by Crippen LogP contribution is -2.47. The van der Waals surface area contributed by atoms with Gasteiger partial charge in [-0.3, -0.25) is 9.69 Å². The fourth-order valence-electron chi connectivity index (χ4n) is 4.36. The molecular weight excluding hydrogens is 424 g/mol. The maximum absolute atomic E-state index is 13.0. The van der Waals surface area contributed by atoms with Crippen LogP contribution in [-0.4, -0.2) is 85.7 Å². The fourth-order valence-corrected chi connectivity index (χ4v) is 5.22. The van der Waals surface area contributed by atoms with Gasteiger partial charge in [-0.25, -0.2) is 4.79 Å². The highest BCUT2D eigenvalue weighted by Crippen LogP contribution is 2.25. The number of carbonyl (C=O) groups is 2. The summed E-state index contributed by atoms with van der Waals surface area (Å²) >= 11 is 1.73. The zero-order chi connectivity index (χ0) is 22.3. The molecule has 0 aliphatic carbocycles. The monoisotopic (exact) mass is 456 g/mol. The molecule has 0 bridgehead atoms. The highest BCUT2D eigenvalue weighted by molar-refractivity contribution is 7.10. The number of nitrogens with one attached hydrogen (secondary N) is 1. The van der Waals surface area contributed by atoms with Crippen molar-refractivity contribution in [3.63, 3.8) is 0 Å². The Morgan fingerprint density at radius 2 is 1.81 bits per heavy atom. The number of amides is 3. The molecule has 1 unspecified atom stereocenters. The zero-order valence-electron chi connectivity index (χ0n) is 18.7. The van der Waals surface area contributed by atoms with Gasteiger partial charge in [-0.1, -0.05) is 23.8 Å². The number of benzene rings is 1. The molecule has 0 radical (unpaired) electrons. The average Bonchev–Trinajstić information content (AvgIpc) is 3.23. The van der Waals surface area contributed by atoms with Crippen LogP contribution in [0.1, 0.15) is 33.3 Å². The van der Waals surface area contributed by atoms with E-state index in [1.54, 1.807) is 11.3 Å². The van der Waals surface area contributed by atoms with E-state index < -0.39 is 0 Å². The molecule has 1 atom stereocenters. The number of nitrogens with zero attached hydrogens (tertiary/aromatic N) is 3. The molecular formula is C24H32N4O3S. The van der Waals surface area contributed by atoms with E-state index in [0.29, 0.717) is 38.3 Å². The molecule has 3 amide bonds. The first kappa shape index (κ1) is 22.8. The number of aryl methyl sites for hydroxylation is 1. The number of rotatable bonds is 5. The lowest BCUT2D eigenvalue weighted by atomic mass is 10.1. The molecule has 1 aromatic carbocycles. The molecule has 172 valence electrons. The summed E-state index contributed by atoms with van der Waals surface area (Å²) in [4.78, 5) is 33.2. The first-order valence-corrected chi connectivity index (χ1v) is 12.2. The minimum absolute atomic E-state index is 0.0426. The molecule has 2 fully saturated rings. The SMILES string of the molecule is Cc1cccc(C(=O)N2CCCN(C(=O)NCC(c3cccs3)N3CCOCC3)CC2)c1. The van der Waals surface area contributed by atoms with Gasteiger partial charge in [-0.2, -0.15) is 0 Å². The first-order valence-electron chi connectivity index (χ1n) is 11.4. The summed E-state index contributed by atoms with van der Waals surface area (Å²) in [5.41, 5.74) is 1.79. The lowest BCUT2D eigenvalue weighted by molar-refractivity contribution is 0.0172. The highest BCUT2D eigenvalue weighted by atomic mass is 32.1. The maximum atomic E-state index is 13.0. The standard InChI is InChI=1S/C24H32N4O3S/c1-19-5-2-6-20(17-19)23(29)27-8-4-9-28(11-10-27)24(30)25-18-21(22-7-3-16-32-22)26-12-14-31-15-13-26/h2-3,5-7,16-17,21H,4,8-15,18H2,1H3,(H,25,30). The normalized spacial score (nSPS) is 18.8. The molecule has 32 heavy (non-hydrogen) atoms. The van der Waals surface area contributed by atoms with Crippen LogP contribution in [0.15, 0.2) is 41.8 Å². The van der Waals surface area contributed by atoms with Gasteiger partial charge in [-0.15, -0.1) is 11.3 Å². The quantitative estimate of drug-likeness (QED) is 0.751. The Kier molecular flexibility index (Phi) is 7.78. The Labute approximate surface area is 193 Å². The molecule has 2 aliphatic rings. The fraction of sp³-hybridized carbons (Fsp3) is 0.500. The molecule has 2 aliphatic heterocycles. The number of hydrogen-bond acceptors (Lipinski definition) is 5. The summed E-state index contributed by atoms with van der Waals surface area (Å²) in [6.45, 7) is 8.19. The van der Waals surface area contributed by atoms with E-state index in [1.165, 1.54) is 4.88 Å². The number of morpholine rings is 1. The minimum Gasteiger partial charge on any atom is -0.379 e. The summed E-state index contributed by atoms with van der Waals surface area (Å²) in [7, 11) is 0. The van der Waals surface area contributed by atoms with Gasteiger partial charge in [0, 0.05) is 56.3 Å². The van der Waals surface area contributed by atoms with Crippen molar-refractivity contribution in [2.24, 2.45) is 0 Å². The molecule has 3 heterocycles. The second-order valence-corrected chi connectivity index (χ2v) is 9.35. The van der Waals surface area contributed by atoms with Gasteiger partial charge in [0.05, 0.1) is 19.3 Å². The molecule has 1 N–H and O–H groups in total. The molecule has 2 aromatic rings. The highest BCUT2D eigenvalue weighted by Gasteiger charge is 2.26. The van der Waals surface area contributed by atoms with E-state index in [0.717, 1.165) is 38.3 Å². The van der Waals surface area contributed by atoms with Gasteiger partial charge >= 0.3 is 6.03 Å². The molecule has 1 aromatic heterocycles. The van der Waals surface area contributed by atoms with Crippen molar-refractivity contribution in [3.05, 3.63) is 57.8 Å². The number of hydrogen-bond donors (Lipinski definition) is 1. The van der Waals surface area contributed by atoms with Gasteiger partial charge in [0.1, 0.15) is 0 Å². The van der Waals surface area contributed by atoms with Crippen molar-refractivity contribution < 1.29 is 14.3 Å². The van der Waals surface area contributed by atoms with E-state index in [2.05, 4.69) is 27.7 Å². The van der Waals surface area contributed by atoms with Crippen molar-refractivity contribution in [2.45, 2.75) is 19.4 Å². The van der Waals surface area contributed by atoms with E-state index in [1.807, 2.05) is 41.0 Å². The van der Waals surface area contributed by atoms with Gasteiger partial charge in [0.2, 0.25) is 0 Å². The van der Waals surface area contributed by atoms with Crippen molar-refractivity contribution in [3.8, 4) is 0 Å². The number of thiophene rings is 1. The van der Waals surface area contributed by atoms with E-state index in [-0.39, 0.29) is 18.0 Å². The van der Waals surface area contributed by atoms with E-state index in [4.69, 9.17) is 4.74 Å². The third-order valence-electron chi connectivity index (χ3n) is 6.14. The largest absolute Gasteiger partial charge is 0.379 e. The summed E-state index contributed by atoms with van der Waals surface area (Å²) in [5.74, 6) is 0.0426. The van der Waals surface area contributed by atoms with Crippen molar-refractivity contribution in [1.29, 1.82) is 0 Å². The number of urea groups is 1. The van der Waals surface area contributed by atoms with E-state index >= 15 is 0 Å². The first-order chi connectivity index (χ1) is 15.6. The Balaban J connectivity index is 1.32. The summed E-state index contributed by atoms with van der Waals surface area (Å²) < 4.78 is 5.50. The zero-order valence-corrected chi connectivity index (χ0v) is 19.5. The van der Waals surface area contributed by atoms with Gasteiger partial charge in [0.15, 0.2) is 0 Å². The molecule has 7 nitrogen and oxygen atoms in total. The van der Waals surface area contributed by atoms with Crippen molar-refractivity contribution >= 4 is 23.3 Å². The number of ether oxygens (including phenoxy) is 1. The van der Waals surface area contributed by atoms with Crippen LogP contribution >= 0.6 is 11.3 Å². The average molecular weight is 457 g/mol. The molecule has 2 saturated heterocycles. The van der Waals surface area contributed by atoms with Crippen LogP contribution in [0.2, 0.25) is 0 Å². The van der Waals surface area contributed by atoms with Crippen LogP contribution in [-0.2, 0) is 4.74 Å². The van der Waals surface area contributed by atoms with Crippen molar-refractivity contribution in [2.75, 3.05) is 59.0 Å². The third-order valence-corrected chi connectivity index (χ3v) is 7.11. The van der Waals surface area contributed by atoms with Crippen molar-refractivity contribution in [1.82, 2.24) is 20.0 Å². The van der Waals surface area contributed by atoms with Gasteiger partial charge < -0.3 is 19.9 Å². The van der Waals surface area contributed by atoms with Crippen LogP contribution < -0.4 is 5.32 Å². The predicted molar refractivity (Wildman–Crippen MR) is 126 cm³/mol. The minimum atomic E-state index is -0.0512. The Hall–Kier alpha value is -2.42. The molecule has 0 spiro atoms. The van der Waals surface area contributed by atoms with Gasteiger partial charge in [0.25, 0.3) is 5.91 Å². The van der Waals surface area contributed by atoms with Crippen LogP contribution in [0, 0.1) is 6.92 Å². The second-order valence-electron chi connectivity index (χ2n) is 8.37. The summed E-state index contributed by atoms with van der Waals surface area (Å²) in [6, 6.07) is 12.0.